The number of rotatable bonds is 2. The number of nitrogens with one attached hydrogen (secondary N) is 2. The average molecular weight is 280 g/mol. The fourth-order valence-electron chi connectivity index (χ4n) is 3.39. The molecule has 1 aliphatic rings. The Balaban J connectivity index is 1.95. The summed E-state index contributed by atoms with van der Waals surface area (Å²) in [5.41, 5.74) is 8.14. The molecule has 0 saturated heterocycles. The molecule has 0 bridgehead atoms. The smallest absolute Gasteiger partial charge is 0.0529 e. The summed E-state index contributed by atoms with van der Waals surface area (Å²) in [4.78, 5) is 0. The minimum Gasteiger partial charge on any atom is -0.378 e. The van der Waals surface area contributed by atoms with Crippen LogP contribution in [0.5, 0.6) is 0 Å². The van der Waals surface area contributed by atoms with E-state index in [9.17, 15) is 0 Å². The van der Waals surface area contributed by atoms with Gasteiger partial charge in [-0.3, -0.25) is 0 Å². The van der Waals surface area contributed by atoms with E-state index in [1.165, 1.54) is 33.5 Å². The number of hydrogen-bond acceptors (Lipinski definition) is 2. The maximum absolute atomic E-state index is 3.80. The molecule has 0 amide bonds. The normalized spacial score (nSPS) is 18.0. The van der Waals surface area contributed by atoms with Crippen LogP contribution in [0.25, 0.3) is 0 Å². The monoisotopic (exact) mass is 280 g/mol. The highest BCUT2D eigenvalue weighted by Gasteiger charge is 2.19. The molecule has 1 atom stereocenters. The van der Waals surface area contributed by atoms with E-state index in [-0.39, 0.29) is 0 Å². The highest BCUT2D eigenvalue weighted by molar-refractivity contribution is 5.59. The first-order valence-electron chi connectivity index (χ1n) is 7.78. The SMILES string of the molecule is Cc1cc(C)c(NC2CCNCc3ccccc32)c(C)c1. The molecule has 2 N–H and O–H groups in total. The number of fused-ring (bicyclic) bond motifs is 1. The van der Waals surface area contributed by atoms with Crippen molar-refractivity contribution in [2.75, 3.05) is 11.9 Å². The van der Waals surface area contributed by atoms with Gasteiger partial charge in [0, 0.05) is 12.2 Å². The molecule has 1 unspecified atom stereocenters. The number of aryl methyl sites for hydroxylation is 3. The molecule has 2 nitrogen and oxygen atoms in total. The van der Waals surface area contributed by atoms with Gasteiger partial charge < -0.3 is 10.6 Å². The van der Waals surface area contributed by atoms with Crippen molar-refractivity contribution in [2.24, 2.45) is 0 Å². The van der Waals surface area contributed by atoms with Crippen LogP contribution in [-0.2, 0) is 6.54 Å². The van der Waals surface area contributed by atoms with Gasteiger partial charge in [0.25, 0.3) is 0 Å². The summed E-state index contributed by atoms with van der Waals surface area (Å²) in [6.07, 6.45) is 1.11. The van der Waals surface area contributed by atoms with Gasteiger partial charge in [0.2, 0.25) is 0 Å². The zero-order chi connectivity index (χ0) is 14.8. The summed E-state index contributed by atoms with van der Waals surface area (Å²) >= 11 is 0. The number of anilines is 1. The molecule has 0 aliphatic carbocycles. The molecule has 2 aromatic carbocycles. The Labute approximate surface area is 127 Å². The van der Waals surface area contributed by atoms with E-state index >= 15 is 0 Å². The van der Waals surface area contributed by atoms with E-state index in [2.05, 4.69) is 67.8 Å². The first-order valence-corrected chi connectivity index (χ1v) is 7.78. The van der Waals surface area contributed by atoms with Gasteiger partial charge in [-0.2, -0.15) is 0 Å². The van der Waals surface area contributed by atoms with E-state index in [1.54, 1.807) is 0 Å². The van der Waals surface area contributed by atoms with E-state index in [0.29, 0.717) is 6.04 Å². The summed E-state index contributed by atoms with van der Waals surface area (Å²) in [6.45, 7) is 8.58. The molecule has 21 heavy (non-hydrogen) atoms. The van der Waals surface area contributed by atoms with Crippen molar-refractivity contribution in [3.63, 3.8) is 0 Å². The lowest BCUT2D eigenvalue weighted by Crippen LogP contribution is -2.16. The van der Waals surface area contributed by atoms with Crippen LogP contribution in [0, 0.1) is 20.8 Å². The molecule has 0 saturated carbocycles. The van der Waals surface area contributed by atoms with Crippen LogP contribution in [-0.4, -0.2) is 6.54 Å². The molecule has 0 aromatic heterocycles. The van der Waals surface area contributed by atoms with Crippen LogP contribution in [0.15, 0.2) is 36.4 Å². The molecule has 3 rings (SSSR count). The number of hydrogen-bond donors (Lipinski definition) is 2. The third-order valence-electron chi connectivity index (χ3n) is 4.35. The number of benzene rings is 2. The first-order chi connectivity index (χ1) is 10.1. The maximum atomic E-state index is 3.80. The Morgan fingerprint density at radius 2 is 1.76 bits per heavy atom. The molecule has 0 fully saturated rings. The van der Waals surface area contributed by atoms with Crippen LogP contribution in [0.4, 0.5) is 5.69 Å². The lowest BCUT2D eigenvalue weighted by atomic mass is 9.97. The van der Waals surface area contributed by atoms with Crippen LogP contribution in [0.2, 0.25) is 0 Å². The third kappa shape index (κ3) is 2.96. The molecular formula is C19H24N2. The fraction of sp³-hybridized carbons (Fsp3) is 0.368. The first kappa shape index (κ1) is 14.2. The van der Waals surface area contributed by atoms with E-state index < -0.39 is 0 Å². The Morgan fingerprint density at radius 3 is 2.52 bits per heavy atom. The quantitative estimate of drug-likeness (QED) is 0.859. The van der Waals surface area contributed by atoms with Gasteiger partial charge in [-0.15, -0.1) is 0 Å². The Kier molecular flexibility index (Phi) is 3.98. The van der Waals surface area contributed by atoms with Gasteiger partial charge in [0.05, 0.1) is 6.04 Å². The van der Waals surface area contributed by atoms with Gasteiger partial charge in [-0.1, -0.05) is 42.0 Å². The summed E-state index contributed by atoms with van der Waals surface area (Å²) in [7, 11) is 0. The molecular weight excluding hydrogens is 256 g/mol. The van der Waals surface area contributed by atoms with Gasteiger partial charge in [-0.05, 0) is 56.0 Å². The second-order valence-electron chi connectivity index (χ2n) is 6.13. The summed E-state index contributed by atoms with van der Waals surface area (Å²) in [6, 6.07) is 13.7. The molecule has 2 aromatic rings. The molecule has 110 valence electrons. The van der Waals surface area contributed by atoms with Gasteiger partial charge in [-0.25, -0.2) is 0 Å². The van der Waals surface area contributed by atoms with Crippen molar-refractivity contribution in [3.05, 3.63) is 64.2 Å². The van der Waals surface area contributed by atoms with Crippen LogP contribution < -0.4 is 10.6 Å². The molecule has 1 aliphatic heterocycles. The van der Waals surface area contributed by atoms with Gasteiger partial charge in [0.1, 0.15) is 0 Å². The van der Waals surface area contributed by atoms with Crippen molar-refractivity contribution in [1.82, 2.24) is 5.32 Å². The second-order valence-corrected chi connectivity index (χ2v) is 6.13. The Morgan fingerprint density at radius 1 is 1.05 bits per heavy atom. The van der Waals surface area contributed by atoms with Crippen LogP contribution in [0.1, 0.15) is 40.3 Å². The topological polar surface area (TPSA) is 24.1 Å². The minimum atomic E-state index is 0.385. The lowest BCUT2D eigenvalue weighted by Gasteiger charge is -2.23. The highest BCUT2D eigenvalue weighted by atomic mass is 15.0. The average Bonchev–Trinajstić information content (AvgIpc) is 2.65. The standard InChI is InChI=1S/C19H24N2/c1-13-10-14(2)19(15(3)11-13)21-18-8-9-20-12-16-6-4-5-7-17(16)18/h4-7,10-11,18,20-21H,8-9,12H2,1-3H3. The second kappa shape index (κ2) is 5.90. The minimum absolute atomic E-state index is 0.385. The van der Waals surface area contributed by atoms with Gasteiger partial charge in [0.15, 0.2) is 0 Å². The zero-order valence-corrected chi connectivity index (χ0v) is 13.2. The van der Waals surface area contributed by atoms with Crippen LogP contribution >= 0.6 is 0 Å². The highest BCUT2D eigenvalue weighted by Crippen LogP contribution is 2.31. The van der Waals surface area contributed by atoms with Crippen molar-refractivity contribution < 1.29 is 0 Å². The van der Waals surface area contributed by atoms with Crippen molar-refractivity contribution in [3.8, 4) is 0 Å². The molecule has 2 heteroatoms. The van der Waals surface area contributed by atoms with E-state index in [0.717, 1.165) is 19.5 Å². The lowest BCUT2D eigenvalue weighted by molar-refractivity contribution is 0.636. The van der Waals surface area contributed by atoms with Crippen molar-refractivity contribution in [1.29, 1.82) is 0 Å². The summed E-state index contributed by atoms with van der Waals surface area (Å²) in [5, 5.41) is 7.32. The molecule has 1 heterocycles. The maximum Gasteiger partial charge on any atom is 0.0529 e. The molecule has 0 spiro atoms. The summed E-state index contributed by atoms with van der Waals surface area (Å²) in [5.74, 6) is 0. The summed E-state index contributed by atoms with van der Waals surface area (Å²) < 4.78 is 0. The van der Waals surface area contributed by atoms with Crippen molar-refractivity contribution in [2.45, 2.75) is 39.8 Å². The fourth-order valence-corrected chi connectivity index (χ4v) is 3.39. The molecule has 0 radical (unpaired) electrons. The van der Waals surface area contributed by atoms with Crippen LogP contribution in [0.3, 0.4) is 0 Å². The Bertz CT molecular complexity index is 623. The van der Waals surface area contributed by atoms with Crippen molar-refractivity contribution >= 4 is 5.69 Å². The van der Waals surface area contributed by atoms with E-state index in [1.807, 2.05) is 0 Å². The zero-order valence-electron chi connectivity index (χ0n) is 13.2. The van der Waals surface area contributed by atoms with E-state index in [4.69, 9.17) is 0 Å². The van der Waals surface area contributed by atoms with Gasteiger partial charge >= 0.3 is 0 Å². The largest absolute Gasteiger partial charge is 0.378 e. The predicted octanol–water partition coefficient (Wildman–Crippen LogP) is 4.26. The Hall–Kier alpha value is -1.80. The predicted molar refractivity (Wildman–Crippen MR) is 89.8 cm³/mol. The third-order valence-corrected chi connectivity index (χ3v) is 4.35.